The van der Waals surface area contributed by atoms with Crippen molar-refractivity contribution in [3.63, 3.8) is 0 Å². The smallest absolute Gasteiger partial charge is 0.241 e. The highest BCUT2D eigenvalue weighted by Gasteiger charge is 2.15. The Hall–Kier alpha value is -1.60. The molecule has 0 aromatic heterocycles. The van der Waals surface area contributed by atoms with Crippen molar-refractivity contribution in [1.82, 2.24) is 10.0 Å². The molecule has 0 saturated heterocycles. The first-order valence-electron chi connectivity index (χ1n) is 6.37. The predicted octanol–water partition coefficient (Wildman–Crippen LogP) is 0.920. The third kappa shape index (κ3) is 4.50. The molecule has 0 fully saturated rings. The molecule has 1 unspecified atom stereocenters. The largest absolute Gasteiger partial charge is 0.374 e. The molecule has 20 heavy (non-hydrogen) atoms. The third-order valence-corrected chi connectivity index (χ3v) is 4.25. The van der Waals surface area contributed by atoms with Gasteiger partial charge in [0.15, 0.2) is 0 Å². The van der Waals surface area contributed by atoms with E-state index in [1.54, 1.807) is 40.0 Å². The zero-order chi connectivity index (χ0) is 15.3. The number of anilines is 1. The highest BCUT2D eigenvalue weighted by atomic mass is 32.2. The second-order valence-electron chi connectivity index (χ2n) is 4.78. The standard InChI is InChI=1S/C13H21N3O3S/c1-9(2)16-20(18,19)12-7-5-11(6-8-12)15-10(3)13(17)14-4/h5-10,15-16H,1-4H3,(H,14,17). The van der Waals surface area contributed by atoms with E-state index in [1.165, 1.54) is 12.1 Å². The van der Waals surface area contributed by atoms with Crippen LogP contribution in [0.1, 0.15) is 20.8 Å². The second kappa shape index (κ2) is 6.71. The lowest BCUT2D eigenvalue weighted by atomic mass is 10.2. The van der Waals surface area contributed by atoms with E-state index in [9.17, 15) is 13.2 Å². The Bertz CT molecular complexity index is 553. The SMILES string of the molecule is CNC(=O)C(C)Nc1ccc(S(=O)(=O)NC(C)C)cc1. The molecule has 1 rings (SSSR count). The van der Waals surface area contributed by atoms with Crippen molar-refractivity contribution in [3.8, 4) is 0 Å². The van der Waals surface area contributed by atoms with Crippen LogP contribution in [-0.4, -0.2) is 33.5 Å². The van der Waals surface area contributed by atoms with Crippen LogP contribution in [0.25, 0.3) is 0 Å². The fraction of sp³-hybridized carbons (Fsp3) is 0.462. The maximum absolute atomic E-state index is 11.9. The van der Waals surface area contributed by atoms with E-state index in [4.69, 9.17) is 0 Å². The second-order valence-corrected chi connectivity index (χ2v) is 6.49. The molecule has 1 aromatic carbocycles. The summed E-state index contributed by atoms with van der Waals surface area (Å²) in [6.07, 6.45) is 0. The Balaban J connectivity index is 2.82. The van der Waals surface area contributed by atoms with Gasteiger partial charge < -0.3 is 10.6 Å². The van der Waals surface area contributed by atoms with Crippen LogP contribution in [0.3, 0.4) is 0 Å². The van der Waals surface area contributed by atoms with Gasteiger partial charge in [0.1, 0.15) is 6.04 Å². The van der Waals surface area contributed by atoms with Crippen molar-refractivity contribution < 1.29 is 13.2 Å². The average molecular weight is 299 g/mol. The summed E-state index contributed by atoms with van der Waals surface area (Å²) in [5, 5.41) is 5.52. The van der Waals surface area contributed by atoms with Gasteiger partial charge in [0, 0.05) is 18.8 Å². The molecule has 0 radical (unpaired) electrons. The fourth-order valence-corrected chi connectivity index (χ4v) is 2.89. The number of likely N-dealkylation sites (N-methyl/N-ethyl adjacent to an activating group) is 1. The van der Waals surface area contributed by atoms with Crippen LogP contribution in [-0.2, 0) is 14.8 Å². The summed E-state index contributed by atoms with van der Waals surface area (Å²) in [7, 11) is -1.92. The summed E-state index contributed by atoms with van der Waals surface area (Å²) in [6, 6.07) is 5.72. The Morgan fingerprint density at radius 3 is 2.10 bits per heavy atom. The summed E-state index contributed by atoms with van der Waals surface area (Å²) in [5.74, 6) is -0.136. The van der Waals surface area contributed by atoms with Gasteiger partial charge in [-0.25, -0.2) is 13.1 Å². The van der Waals surface area contributed by atoms with E-state index >= 15 is 0 Å². The summed E-state index contributed by atoms with van der Waals surface area (Å²) >= 11 is 0. The monoisotopic (exact) mass is 299 g/mol. The summed E-state index contributed by atoms with van der Waals surface area (Å²) < 4.78 is 26.4. The van der Waals surface area contributed by atoms with Crippen LogP contribution < -0.4 is 15.4 Å². The molecule has 0 aliphatic rings. The van der Waals surface area contributed by atoms with Crippen LogP contribution in [0.15, 0.2) is 29.2 Å². The van der Waals surface area contributed by atoms with E-state index in [1.807, 2.05) is 0 Å². The summed E-state index contributed by atoms with van der Waals surface area (Å²) in [5.41, 5.74) is 0.685. The normalized spacial score (nSPS) is 13.1. The Labute approximate surface area is 120 Å². The highest BCUT2D eigenvalue weighted by molar-refractivity contribution is 7.89. The Kier molecular flexibility index (Phi) is 5.52. The quantitative estimate of drug-likeness (QED) is 0.729. The molecular formula is C13H21N3O3S. The van der Waals surface area contributed by atoms with E-state index in [0.29, 0.717) is 5.69 Å². The maximum atomic E-state index is 11.9. The van der Waals surface area contributed by atoms with Gasteiger partial charge in [0.25, 0.3) is 0 Å². The molecule has 0 spiro atoms. The van der Waals surface area contributed by atoms with E-state index < -0.39 is 16.1 Å². The van der Waals surface area contributed by atoms with Crippen LogP contribution in [0.4, 0.5) is 5.69 Å². The fourth-order valence-electron chi connectivity index (χ4n) is 1.64. The Morgan fingerprint density at radius 2 is 1.65 bits per heavy atom. The molecule has 6 nitrogen and oxygen atoms in total. The summed E-state index contributed by atoms with van der Waals surface area (Å²) in [6.45, 7) is 5.25. The van der Waals surface area contributed by atoms with Gasteiger partial charge >= 0.3 is 0 Å². The highest BCUT2D eigenvalue weighted by Crippen LogP contribution is 2.15. The topological polar surface area (TPSA) is 87.3 Å². The van der Waals surface area contributed by atoms with Crippen molar-refractivity contribution in [2.24, 2.45) is 0 Å². The minimum atomic E-state index is -3.48. The number of hydrogen-bond donors (Lipinski definition) is 3. The van der Waals surface area contributed by atoms with Gasteiger partial charge in [0.05, 0.1) is 4.90 Å². The number of benzene rings is 1. The zero-order valence-electron chi connectivity index (χ0n) is 12.1. The number of carbonyl (C=O) groups excluding carboxylic acids is 1. The molecule has 7 heteroatoms. The van der Waals surface area contributed by atoms with E-state index in [0.717, 1.165) is 0 Å². The molecule has 0 saturated carbocycles. The molecule has 1 amide bonds. The van der Waals surface area contributed by atoms with Crippen LogP contribution in [0, 0.1) is 0 Å². The van der Waals surface area contributed by atoms with Crippen molar-refractivity contribution in [3.05, 3.63) is 24.3 Å². The van der Waals surface area contributed by atoms with E-state index in [-0.39, 0.29) is 16.8 Å². The first kappa shape index (κ1) is 16.5. The van der Waals surface area contributed by atoms with Gasteiger partial charge in [-0.2, -0.15) is 0 Å². The number of hydrogen-bond acceptors (Lipinski definition) is 4. The Morgan fingerprint density at radius 1 is 1.10 bits per heavy atom. The first-order valence-corrected chi connectivity index (χ1v) is 7.85. The van der Waals surface area contributed by atoms with Gasteiger partial charge in [-0.3, -0.25) is 4.79 Å². The molecule has 3 N–H and O–H groups in total. The molecule has 0 heterocycles. The molecule has 1 atom stereocenters. The first-order chi connectivity index (χ1) is 9.26. The maximum Gasteiger partial charge on any atom is 0.241 e. The zero-order valence-corrected chi connectivity index (χ0v) is 12.9. The predicted molar refractivity (Wildman–Crippen MR) is 79.1 cm³/mol. The van der Waals surface area contributed by atoms with Crippen molar-refractivity contribution >= 4 is 21.6 Å². The van der Waals surface area contributed by atoms with Crippen molar-refractivity contribution in [1.29, 1.82) is 0 Å². The van der Waals surface area contributed by atoms with Gasteiger partial charge in [-0.05, 0) is 45.0 Å². The van der Waals surface area contributed by atoms with Crippen LogP contribution >= 0.6 is 0 Å². The molecule has 0 aliphatic carbocycles. The lowest BCUT2D eigenvalue weighted by Gasteiger charge is -2.14. The number of rotatable bonds is 6. The summed E-state index contributed by atoms with van der Waals surface area (Å²) in [4.78, 5) is 11.6. The van der Waals surface area contributed by atoms with Crippen LogP contribution in [0.2, 0.25) is 0 Å². The molecule has 0 bridgehead atoms. The molecule has 0 aliphatic heterocycles. The van der Waals surface area contributed by atoms with Gasteiger partial charge in [0.2, 0.25) is 15.9 Å². The molecule has 112 valence electrons. The average Bonchev–Trinajstić information content (AvgIpc) is 2.36. The molecule has 1 aromatic rings. The third-order valence-electron chi connectivity index (χ3n) is 2.58. The van der Waals surface area contributed by atoms with Gasteiger partial charge in [-0.15, -0.1) is 0 Å². The van der Waals surface area contributed by atoms with Crippen LogP contribution in [0.5, 0.6) is 0 Å². The van der Waals surface area contributed by atoms with Gasteiger partial charge in [-0.1, -0.05) is 0 Å². The molecular weight excluding hydrogens is 278 g/mol. The van der Waals surface area contributed by atoms with E-state index in [2.05, 4.69) is 15.4 Å². The van der Waals surface area contributed by atoms with Crippen molar-refractivity contribution in [2.75, 3.05) is 12.4 Å². The minimum Gasteiger partial charge on any atom is -0.374 e. The number of nitrogens with one attached hydrogen (secondary N) is 3. The number of carbonyl (C=O) groups is 1. The lowest BCUT2D eigenvalue weighted by molar-refractivity contribution is -0.121. The number of amides is 1. The lowest BCUT2D eigenvalue weighted by Crippen LogP contribution is -2.35. The van der Waals surface area contributed by atoms with Crippen molar-refractivity contribution in [2.45, 2.75) is 37.8 Å². The number of sulfonamides is 1. The minimum absolute atomic E-state index is 0.136.